The Balaban J connectivity index is 1.51. The minimum absolute atomic E-state index is 0.236. The van der Waals surface area contributed by atoms with Crippen molar-refractivity contribution < 1.29 is 13.9 Å². The zero-order valence-electron chi connectivity index (χ0n) is 13.2. The number of carbonyl (C=O) groups excluding carboxylic acids is 1. The van der Waals surface area contributed by atoms with Crippen molar-refractivity contribution in [3.63, 3.8) is 0 Å². The third-order valence-electron chi connectivity index (χ3n) is 4.12. The number of para-hydroxylation sites is 1. The first-order valence-corrected chi connectivity index (χ1v) is 7.88. The first-order chi connectivity index (χ1) is 12.2. The number of rotatable bonds is 3. The monoisotopic (exact) mass is 338 g/mol. The first kappa shape index (κ1) is 15.3. The van der Waals surface area contributed by atoms with E-state index in [1.807, 2.05) is 30.3 Å². The summed E-state index contributed by atoms with van der Waals surface area (Å²) in [4.78, 5) is 12.6. The Morgan fingerprint density at radius 1 is 1.24 bits per heavy atom. The van der Waals surface area contributed by atoms with Gasteiger partial charge in [0.05, 0.1) is 11.6 Å². The number of anilines is 1. The summed E-state index contributed by atoms with van der Waals surface area (Å²) in [7, 11) is 0. The average molecular weight is 338 g/mol. The molecule has 0 spiro atoms. The number of aromatic nitrogens is 3. The van der Waals surface area contributed by atoms with Crippen LogP contribution in [0.4, 0.5) is 10.3 Å². The van der Waals surface area contributed by atoms with Crippen LogP contribution in [-0.4, -0.2) is 27.3 Å². The second-order valence-electron chi connectivity index (χ2n) is 5.81. The summed E-state index contributed by atoms with van der Waals surface area (Å²) >= 11 is 0. The van der Waals surface area contributed by atoms with Gasteiger partial charge in [-0.05, 0) is 42.3 Å². The molecule has 4 rings (SSSR count). The summed E-state index contributed by atoms with van der Waals surface area (Å²) in [5.74, 6) is -0.0401. The molecule has 0 bridgehead atoms. The molecule has 1 N–H and O–H groups in total. The summed E-state index contributed by atoms with van der Waals surface area (Å²) < 4.78 is 20.7. The Bertz CT molecular complexity index is 910. The summed E-state index contributed by atoms with van der Waals surface area (Å²) in [5.41, 5.74) is 1.53. The molecule has 1 atom stereocenters. The number of amides is 1. The Hall–Kier alpha value is -3.22. The van der Waals surface area contributed by atoms with E-state index in [0.717, 1.165) is 5.69 Å². The highest BCUT2D eigenvalue weighted by Gasteiger charge is 2.27. The lowest BCUT2D eigenvalue weighted by atomic mass is 9.96. The highest BCUT2D eigenvalue weighted by molar-refractivity contribution is 5.91. The quantitative estimate of drug-likeness (QED) is 0.797. The predicted molar refractivity (Wildman–Crippen MR) is 89.1 cm³/mol. The number of carbonyl (C=O) groups is 1. The molecule has 0 aliphatic carbocycles. The number of benzene rings is 2. The SMILES string of the molecule is O=C(Nc1nncn1-c1ccccc1)[C@H]1COc2ccc(F)cc2C1. The Kier molecular flexibility index (Phi) is 3.89. The van der Waals surface area contributed by atoms with Gasteiger partial charge in [-0.1, -0.05) is 18.2 Å². The van der Waals surface area contributed by atoms with Gasteiger partial charge in [-0.3, -0.25) is 14.7 Å². The van der Waals surface area contributed by atoms with E-state index in [1.54, 1.807) is 10.6 Å². The molecule has 0 unspecified atom stereocenters. The Morgan fingerprint density at radius 2 is 2.08 bits per heavy atom. The highest BCUT2D eigenvalue weighted by atomic mass is 19.1. The van der Waals surface area contributed by atoms with E-state index in [9.17, 15) is 9.18 Å². The van der Waals surface area contributed by atoms with E-state index in [1.165, 1.54) is 18.5 Å². The second kappa shape index (κ2) is 6.35. The lowest BCUT2D eigenvalue weighted by Gasteiger charge is -2.24. The molecule has 1 aliphatic heterocycles. The van der Waals surface area contributed by atoms with Crippen molar-refractivity contribution in [2.45, 2.75) is 6.42 Å². The van der Waals surface area contributed by atoms with Gasteiger partial charge in [0.1, 0.15) is 24.5 Å². The number of ether oxygens (including phenoxy) is 1. The number of nitrogens with one attached hydrogen (secondary N) is 1. The van der Waals surface area contributed by atoms with E-state index in [2.05, 4.69) is 15.5 Å². The van der Waals surface area contributed by atoms with Crippen LogP contribution in [0.1, 0.15) is 5.56 Å². The summed E-state index contributed by atoms with van der Waals surface area (Å²) in [6.45, 7) is 0.240. The maximum Gasteiger partial charge on any atom is 0.235 e. The molecule has 1 aromatic heterocycles. The molecule has 0 saturated carbocycles. The largest absolute Gasteiger partial charge is 0.492 e. The second-order valence-corrected chi connectivity index (χ2v) is 5.81. The van der Waals surface area contributed by atoms with Crippen LogP contribution in [0, 0.1) is 11.7 Å². The van der Waals surface area contributed by atoms with Gasteiger partial charge >= 0.3 is 0 Å². The van der Waals surface area contributed by atoms with Crippen molar-refractivity contribution in [1.82, 2.24) is 14.8 Å². The van der Waals surface area contributed by atoms with E-state index >= 15 is 0 Å². The zero-order chi connectivity index (χ0) is 17.2. The minimum atomic E-state index is -0.421. The van der Waals surface area contributed by atoms with Gasteiger partial charge in [0.15, 0.2) is 0 Å². The van der Waals surface area contributed by atoms with Gasteiger partial charge < -0.3 is 4.74 Å². The Morgan fingerprint density at radius 3 is 2.92 bits per heavy atom. The topological polar surface area (TPSA) is 69.0 Å². The molecule has 0 fully saturated rings. The van der Waals surface area contributed by atoms with Gasteiger partial charge in [0, 0.05) is 0 Å². The fourth-order valence-corrected chi connectivity index (χ4v) is 2.84. The van der Waals surface area contributed by atoms with Crippen molar-refractivity contribution in [3.05, 3.63) is 66.2 Å². The van der Waals surface area contributed by atoms with E-state index < -0.39 is 5.92 Å². The molecule has 1 aliphatic rings. The molecular formula is C18H15FN4O2. The molecule has 25 heavy (non-hydrogen) atoms. The van der Waals surface area contributed by atoms with Crippen LogP contribution in [-0.2, 0) is 11.2 Å². The molecular weight excluding hydrogens is 323 g/mol. The summed E-state index contributed by atoms with van der Waals surface area (Å²) in [5, 5.41) is 10.6. The van der Waals surface area contributed by atoms with Crippen LogP contribution in [0.15, 0.2) is 54.9 Å². The van der Waals surface area contributed by atoms with Crippen LogP contribution >= 0.6 is 0 Å². The molecule has 3 aromatic rings. The van der Waals surface area contributed by atoms with Crippen molar-refractivity contribution in [1.29, 1.82) is 0 Å². The maximum atomic E-state index is 13.4. The van der Waals surface area contributed by atoms with Crippen LogP contribution in [0.5, 0.6) is 5.75 Å². The van der Waals surface area contributed by atoms with Crippen molar-refractivity contribution in [3.8, 4) is 11.4 Å². The van der Waals surface area contributed by atoms with Crippen molar-refractivity contribution >= 4 is 11.9 Å². The van der Waals surface area contributed by atoms with E-state index in [0.29, 0.717) is 23.7 Å². The average Bonchev–Trinajstić information content (AvgIpc) is 3.10. The molecule has 2 aromatic carbocycles. The van der Waals surface area contributed by atoms with Crippen LogP contribution in [0.2, 0.25) is 0 Å². The number of hydrogen-bond donors (Lipinski definition) is 1. The van der Waals surface area contributed by atoms with Crippen LogP contribution in [0.25, 0.3) is 5.69 Å². The van der Waals surface area contributed by atoms with Crippen LogP contribution < -0.4 is 10.1 Å². The van der Waals surface area contributed by atoms with Gasteiger partial charge in [-0.25, -0.2) is 4.39 Å². The fraction of sp³-hybridized carbons (Fsp3) is 0.167. The normalized spacial score (nSPS) is 16.0. The first-order valence-electron chi connectivity index (χ1n) is 7.88. The lowest BCUT2D eigenvalue weighted by Crippen LogP contribution is -2.33. The van der Waals surface area contributed by atoms with Gasteiger partial charge in [-0.15, -0.1) is 10.2 Å². The fourth-order valence-electron chi connectivity index (χ4n) is 2.84. The molecule has 126 valence electrons. The number of halogens is 1. The minimum Gasteiger partial charge on any atom is -0.492 e. The van der Waals surface area contributed by atoms with Crippen molar-refractivity contribution in [2.24, 2.45) is 5.92 Å². The standard InChI is InChI=1S/C18H15FN4O2/c19-14-6-7-16-12(9-14)8-13(10-25-16)17(24)21-18-22-20-11-23(18)15-4-2-1-3-5-15/h1-7,9,11,13H,8,10H2,(H,21,22,24)/t13-/m1/s1. The molecule has 0 radical (unpaired) electrons. The molecule has 6 nitrogen and oxygen atoms in total. The highest BCUT2D eigenvalue weighted by Crippen LogP contribution is 2.28. The molecule has 2 heterocycles. The molecule has 1 amide bonds. The summed E-state index contributed by atoms with van der Waals surface area (Å²) in [6, 6.07) is 13.8. The lowest BCUT2D eigenvalue weighted by molar-refractivity contribution is -0.121. The number of hydrogen-bond acceptors (Lipinski definition) is 4. The van der Waals surface area contributed by atoms with Crippen molar-refractivity contribution in [2.75, 3.05) is 11.9 Å². The van der Waals surface area contributed by atoms with E-state index in [-0.39, 0.29) is 18.3 Å². The van der Waals surface area contributed by atoms with Gasteiger partial charge in [0.25, 0.3) is 0 Å². The molecule has 0 saturated heterocycles. The zero-order valence-corrected chi connectivity index (χ0v) is 13.2. The van der Waals surface area contributed by atoms with Gasteiger partial charge in [0.2, 0.25) is 11.9 Å². The molecule has 7 heteroatoms. The maximum absolute atomic E-state index is 13.4. The summed E-state index contributed by atoms with van der Waals surface area (Å²) in [6.07, 6.45) is 1.95. The predicted octanol–water partition coefficient (Wildman–Crippen LogP) is 2.60. The smallest absolute Gasteiger partial charge is 0.235 e. The van der Waals surface area contributed by atoms with Crippen LogP contribution in [0.3, 0.4) is 0 Å². The number of nitrogens with zero attached hydrogens (tertiary/aromatic N) is 3. The third kappa shape index (κ3) is 3.08. The van der Waals surface area contributed by atoms with E-state index in [4.69, 9.17) is 4.74 Å². The third-order valence-corrected chi connectivity index (χ3v) is 4.12. The number of fused-ring (bicyclic) bond motifs is 1. The Labute approximate surface area is 143 Å². The van der Waals surface area contributed by atoms with Gasteiger partial charge in [-0.2, -0.15) is 0 Å².